The van der Waals surface area contributed by atoms with Gasteiger partial charge in [0.25, 0.3) is 5.91 Å². The van der Waals surface area contributed by atoms with Crippen LogP contribution in [-0.4, -0.2) is 23.1 Å². The zero-order valence-corrected chi connectivity index (χ0v) is 12.7. The fraction of sp³-hybridized carbons (Fsp3) is 0.176. The zero-order valence-electron chi connectivity index (χ0n) is 12.7. The van der Waals surface area contributed by atoms with Gasteiger partial charge in [0.15, 0.2) is 6.10 Å². The number of anilines is 1. The monoisotopic (exact) mass is 317 g/mol. The molecular formula is C17H16FNO4. The number of aromatic hydroxyl groups is 1. The van der Waals surface area contributed by atoms with Gasteiger partial charge in [0.1, 0.15) is 17.1 Å². The van der Waals surface area contributed by atoms with Gasteiger partial charge in [-0.3, -0.25) is 4.79 Å². The Morgan fingerprint density at radius 2 is 1.83 bits per heavy atom. The van der Waals surface area contributed by atoms with Gasteiger partial charge in [-0.15, -0.1) is 0 Å². The number of phenols is 1. The van der Waals surface area contributed by atoms with Crippen molar-refractivity contribution >= 4 is 17.6 Å². The molecule has 120 valence electrons. The molecule has 0 aliphatic carbocycles. The first kappa shape index (κ1) is 16.5. The van der Waals surface area contributed by atoms with Crippen LogP contribution in [0.2, 0.25) is 0 Å². The van der Waals surface area contributed by atoms with Gasteiger partial charge in [0, 0.05) is 5.69 Å². The van der Waals surface area contributed by atoms with E-state index in [1.165, 1.54) is 37.3 Å². The third-order valence-corrected chi connectivity index (χ3v) is 3.22. The highest BCUT2D eigenvalue weighted by Gasteiger charge is 2.21. The largest absolute Gasteiger partial charge is 0.507 e. The predicted molar refractivity (Wildman–Crippen MR) is 82.8 cm³/mol. The summed E-state index contributed by atoms with van der Waals surface area (Å²) in [6, 6.07) is 9.87. The van der Waals surface area contributed by atoms with Crippen LogP contribution in [0.5, 0.6) is 5.75 Å². The average Bonchev–Trinajstić information content (AvgIpc) is 2.52. The van der Waals surface area contributed by atoms with Gasteiger partial charge in [-0.2, -0.15) is 0 Å². The number of ether oxygens (including phenoxy) is 1. The normalized spacial score (nSPS) is 11.6. The minimum Gasteiger partial charge on any atom is -0.507 e. The summed E-state index contributed by atoms with van der Waals surface area (Å²) in [6.07, 6.45) is -1.08. The molecule has 0 bridgehead atoms. The van der Waals surface area contributed by atoms with Crippen molar-refractivity contribution in [3.05, 3.63) is 59.4 Å². The highest BCUT2D eigenvalue weighted by atomic mass is 19.1. The summed E-state index contributed by atoms with van der Waals surface area (Å²) >= 11 is 0. The molecule has 2 N–H and O–H groups in total. The van der Waals surface area contributed by atoms with Crippen molar-refractivity contribution in [1.82, 2.24) is 0 Å². The van der Waals surface area contributed by atoms with E-state index in [2.05, 4.69) is 5.32 Å². The standard InChI is InChI=1S/C17H16FNO4/c1-10-4-3-5-14(15(10)20)17(22)23-11(2)16(21)19-13-8-6-12(18)7-9-13/h3-9,11,20H,1-2H3,(H,19,21). The van der Waals surface area contributed by atoms with E-state index in [1.54, 1.807) is 19.1 Å². The smallest absolute Gasteiger partial charge is 0.342 e. The lowest BCUT2D eigenvalue weighted by Crippen LogP contribution is -2.30. The van der Waals surface area contributed by atoms with Crippen LogP contribution >= 0.6 is 0 Å². The van der Waals surface area contributed by atoms with E-state index in [4.69, 9.17) is 4.74 Å². The maximum Gasteiger partial charge on any atom is 0.342 e. The number of rotatable bonds is 4. The third kappa shape index (κ3) is 4.06. The molecule has 23 heavy (non-hydrogen) atoms. The zero-order chi connectivity index (χ0) is 17.0. The summed E-state index contributed by atoms with van der Waals surface area (Å²) in [5.41, 5.74) is 0.909. The first-order valence-electron chi connectivity index (χ1n) is 6.94. The van der Waals surface area contributed by atoms with E-state index in [9.17, 15) is 19.1 Å². The quantitative estimate of drug-likeness (QED) is 0.850. The number of halogens is 1. The van der Waals surface area contributed by atoms with E-state index in [-0.39, 0.29) is 11.3 Å². The van der Waals surface area contributed by atoms with Gasteiger partial charge in [0.05, 0.1) is 0 Å². The van der Waals surface area contributed by atoms with Crippen molar-refractivity contribution in [2.75, 3.05) is 5.32 Å². The second-order valence-electron chi connectivity index (χ2n) is 5.01. The minimum atomic E-state index is -1.08. The summed E-state index contributed by atoms with van der Waals surface area (Å²) in [4.78, 5) is 24.0. The first-order chi connectivity index (χ1) is 10.9. The van der Waals surface area contributed by atoms with Crippen LogP contribution in [0.15, 0.2) is 42.5 Å². The Balaban J connectivity index is 2.01. The summed E-state index contributed by atoms with van der Waals surface area (Å²) < 4.78 is 17.9. The number of aryl methyl sites for hydroxylation is 1. The molecule has 2 aromatic rings. The molecule has 1 amide bonds. The molecule has 0 spiro atoms. The number of para-hydroxylation sites is 1. The number of esters is 1. The predicted octanol–water partition coefficient (Wildman–Crippen LogP) is 3.02. The number of carbonyl (C=O) groups excluding carboxylic acids is 2. The van der Waals surface area contributed by atoms with E-state index in [1.807, 2.05) is 0 Å². The van der Waals surface area contributed by atoms with E-state index < -0.39 is 23.8 Å². The van der Waals surface area contributed by atoms with Crippen LogP contribution in [0.1, 0.15) is 22.8 Å². The minimum absolute atomic E-state index is 0.00793. The van der Waals surface area contributed by atoms with Crippen molar-refractivity contribution < 1.29 is 23.8 Å². The van der Waals surface area contributed by atoms with Crippen LogP contribution in [0.25, 0.3) is 0 Å². The number of hydrogen-bond donors (Lipinski definition) is 2. The lowest BCUT2D eigenvalue weighted by molar-refractivity contribution is -0.123. The molecule has 0 radical (unpaired) electrons. The van der Waals surface area contributed by atoms with Crippen molar-refractivity contribution in [3.8, 4) is 5.75 Å². The highest BCUT2D eigenvalue weighted by Crippen LogP contribution is 2.22. The summed E-state index contributed by atoms with van der Waals surface area (Å²) in [5.74, 6) is -1.95. The topological polar surface area (TPSA) is 75.6 Å². The number of hydrogen-bond acceptors (Lipinski definition) is 4. The van der Waals surface area contributed by atoms with Crippen molar-refractivity contribution in [2.45, 2.75) is 20.0 Å². The van der Waals surface area contributed by atoms with Crippen molar-refractivity contribution in [3.63, 3.8) is 0 Å². The summed E-state index contributed by atoms with van der Waals surface area (Å²) in [5, 5.41) is 12.4. The van der Waals surface area contributed by atoms with Gasteiger partial charge in [-0.05, 0) is 49.7 Å². The van der Waals surface area contributed by atoms with E-state index in [0.717, 1.165) is 0 Å². The first-order valence-corrected chi connectivity index (χ1v) is 6.94. The Kier molecular flexibility index (Phi) is 4.95. The van der Waals surface area contributed by atoms with Gasteiger partial charge < -0.3 is 15.2 Å². The van der Waals surface area contributed by atoms with Crippen LogP contribution in [0.4, 0.5) is 10.1 Å². The molecule has 5 nitrogen and oxygen atoms in total. The van der Waals surface area contributed by atoms with E-state index in [0.29, 0.717) is 11.3 Å². The molecule has 0 fully saturated rings. The highest BCUT2D eigenvalue weighted by molar-refractivity contribution is 5.98. The fourth-order valence-electron chi connectivity index (χ4n) is 1.88. The Labute approximate surface area is 132 Å². The molecular weight excluding hydrogens is 301 g/mol. The summed E-state index contributed by atoms with van der Waals surface area (Å²) in [7, 11) is 0. The summed E-state index contributed by atoms with van der Waals surface area (Å²) in [6.45, 7) is 3.06. The Morgan fingerprint density at radius 1 is 1.17 bits per heavy atom. The third-order valence-electron chi connectivity index (χ3n) is 3.22. The second kappa shape index (κ2) is 6.91. The SMILES string of the molecule is Cc1cccc(C(=O)OC(C)C(=O)Nc2ccc(F)cc2)c1O. The van der Waals surface area contributed by atoms with Crippen LogP contribution < -0.4 is 5.32 Å². The maximum absolute atomic E-state index is 12.8. The Morgan fingerprint density at radius 3 is 2.48 bits per heavy atom. The van der Waals surface area contributed by atoms with Crippen molar-refractivity contribution in [1.29, 1.82) is 0 Å². The van der Waals surface area contributed by atoms with Crippen LogP contribution in [0.3, 0.4) is 0 Å². The molecule has 6 heteroatoms. The molecule has 2 rings (SSSR count). The van der Waals surface area contributed by atoms with Gasteiger partial charge >= 0.3 is 5.97 Å². The molecule has 0 saturated carbocycles. The van der Waals surface area contributed by atoms with Gasteiger partial charge in [-0.25, -0.2) is 9.18 Å². The molecule has 2 aromatic carbocycles. The molecule has 1 unspecified atom stereocenters. The van der Waals surface area contributed by atoms with Gasteiger partial charge in [0.2, 0.25) is 0 Å². The number of phenolic OH excluding ortho intramolecular Hbond substituents is 1. The molecule has 0 aromatic heterocycles. The van der Waals surface area contributed by atoms with Crippen LogP contribution in [0, 0.1) is 12.7 Å². The number of carbonyl (C=O) groups is 2. The van der Waals surface area contributed by atoms with Gasteiger partial charge in [-0.1, -0.05) is 12.1 Å². The second-order valence-corrected chi connectivity index (χ2v) is 5.01. The number of amides is 1. The van der Waals surface area contributed by atoms with Crippen LogP contribution in [-0.2, 0) is 9.53 Å². The Bertz CT molecular complexity index is 728. The molecule has 0 heterocycles. The Hall–Kier alpha value is -2.89. The molecule has 0 aliphatic heterocycles. The molecule has 0 aliphatic rings. The molecule has 0 saturated heterocycles. The van der Waals surface area contributed by atoms with E-state index >= 15 is 0 Å². The average molecular weight is 317 g/mol. The molecule has 1 atom stereocenters. The fourth-order valence-corrected chi connectivity index (χ4v) is 1.88. The van der Waals surface area contributed by atoms with Crippen molar-refractivity contribution in [2.24, 2.45) is 0 Å². The lowest BCUT2D eigenvalue weighted by atomic mass is 10.1. The number of nitrogens with one attached hydrogen (secondary N) is 1. The maximum atomic E-state index is 12.8. The lowest BCUT2D eigenvalue weighted by Gasteiger charge is -2.14. The number of benzene rings is 2.